The maximum absolute atomic E-state index is 12.6. The van der Waals surface area contributed by atoms with Crippen LogP contribution in [0.1, 0.15) is 37.8 Å². The molecule has 0 heterocycles. The Labute approximate surface area is 110 Å². The molecule has 0 N–H and O–H groups in total. The molecule has 0 unspecified atom stereocenters. The summed E-state index contributed by atoms with van der Waals surface area (Å²) < 4.78 is 27.0. The number of rotatable bonds is 4. The van der Waals surface area contributed by atoms with Gasteiger partial charge in [-0.1, -0.05) is 6.07 Å². The van der Waals surface area contributed by atoms with E-state index >= 15 is 0 Å². The zero-order chi connectivity index (χ0) is 13.5. The molecule has 1 fully saturated rings. The van der Waals surface area contributed by atoms with Gasteiger partial charge in [0.15, 0.2) is 0 Å². The predicted octanol–water partition coefficient (Wildman–Crippen LogP) is 2.86. The van der Waals surface area contributed by atoms with Gasteiger partial charge in [-0.25, -0.2) is 8.42 Å². The van der Waals surface area contributed by atoms with Crippen molar-refractivity contribution in [1.82, 2.24) is 4.31 Å². The molecular formula is C14H21NO2S. The molecule has 1 aliphatic carbocycles. The number of hydrogen-bond donors (Lipinski definition) is 0. The molecule has 100 valence electrons. The Kier molecular flexibility index (Phi) is 3.52. The van der Waals surface area contributed by atoms with E-state index in [1.54, 1.807) is 16.4 Å². The number of hydrogen-bond acceptors (Lipinski definition) is 2. The normalized spacial score (nSPS) is 16.6. The van der Waals surface area contributed by atoms with Crippen molar-refractivity contribution in [2.45, 2.75) is 57.5 Å². The molecule has 1 saturated carbocycles. The van der Waals surface area contributed by atoms with Crippen molar-refractivity contribution in [1.29, 1.82) is 0 Å². The largest absolute Gasteiger partial charge is 0.243 e. The highest BCUT2D eigenvalue weighted by Gasteiger charge is 2.39. The fourth-order valence-corrected chi connectivity index (χ4v) is 4.19. The van der Waals surface area contributed by atoms with Crippen LogP contribution in [0.5, 0.6) is 0 Å². The van der Waals surface area contributed by atoms with Crippen molar-refractivity contribution < 1.29 is 8.42 Å². The quantitative estimate of drug-likeness (QED) is 0.841. The van der Waals surface area contributed by atoms with Crippen molar-refractivity contribution in [3.05, 3.63) is 29.3 Å². The van der Waals surface area contributed by atoms with E-state index in [9.17, 15) is 8.42 Å². The standard InChI is InChI=1S/C14H21NO2S/c1-10(2)15(13-6-7-13)18(16,17)14-8-5-11(3)12(4)9-14/h5,8-10,13H,6-7H2,1-4H3. The summed E-state index contributed by atoms with van der Waals surface area (Å²) in [4.78, 5) is 0.422. The SMILES string of the molecule is Cc1ccc(S(=O)(=O)N(C(C)C)C2CC2)cc1C. The summed E-state index contributed by atoms with van der Waals surface area (Å²) in [6, 6.07) is 5.60. The Morgan fingerprint density at radius 2 is 1.78 bits per heavy atom. The maximum atomic E-state index is 12.6. The molecule has 1 aromatic rings. The van der Waals surface area contributed by atoms with Gasteiger partial charge in [-0.05, 0) is 63.8 Å². The second-order valence-electron chi connectivity index (χ2n) is 5.41. The molecule has 18 heavy (non-hydrogen) atoms. The lowest BCUT2D eigenvalue weighted by Gasteiger charge is -2.26. The van der Waals surface area contributed by atoms with E-state index in [0.717, 1.165) is 24.0 Å². The summed E-state index contributed by atoms with van der Waals surface area (Å²) in [6.45, 7) is 7.83. The Bertz CT molecular complexity index is 543. The van der Waals surface area contributed by atoms with Crippen LogP contribution in [-0.2, 0) is 10.0 Å². The van der Waals surface area contributed by atoms with Gasteiger partial charge in [-0.2, -0.15) is 4.31 Å². The molecule has 0 spiro atoms. The van der Waals surface area contributed by atoms with Crippen LogP contribution in [0, 0.1) is 13.8 Å². The van der Waals surface area contributed by atoms with E-state index in [0.29, 0.717) is 4.90 Å². The lowest BCUT2D eigenvalue weighted by molar-refractivity contribution is 0.346. The zero-order valence-corrected chi connectivity index (χ0v) is 12.3. The van der Waals surface area contributed by atoms with Gasteiger partial charge in [0, 0.05) is 12.1 Å². The van der Waals surface area contributed by atoms with Crippen LogP contribution >= 0.6 is 0 Å². The number of nitrogens with zero attached hydrogens (tertiary/aromatic N) is 1. The smallest absolute Gasteiger partial charge is 0.207 e. The van der Waals surface area contributed by atoms with Gasteiger partial charge in [-0.3, -0.25) is 0 Å². The molecule has 0 bridgehead atoms. The highest BCUT2D eigenvalue weighted by molar-refractivity contribution is 7.89. The highest BCUT2D eigenvalue weighted by atomic mass is 32.2. The molecule has 0 saturated heterocycles. The minimum absolute atomic E-state index is 0.0177. The van der Waals surface area contributed by atoms with Crippen LogP contribution in [0.4, 0.5) is 0 Å². The molecule has 1 aromatic carbocycles. The monoisotopic (exact) mass is 267 g/mol. The van der Waals surface area contributed by atoms with Crippen molar-refractivity contribution >= 4 is 10.0 Å². The fraction of sp³-hybridized carbons (Fsp3) is 0.571. The van der Waals surface area contributed by atoms with Gasteiger partial charge < -0.3 is 0 Å². The molecule has 3 nitrogen and oxygen atoms in total. The third-order valence-electron chi connectivity index (χ3n) is 3.47. The molecule has 0 amide bonds. The van der Waals surface area contributed by atoms with Crippen LogP contribution in [0.15, 0.2) is 23.1 Å². The minimum atomic E-state index is -3.34. The Morgan fingerprint density at radius 3 is 2.22 bits per heavy atom. The molecule has 1 aliphatic rings. The third kappa shape index (κ3) is 2.45. The third-order valence-corrected chi connectivity index (χ3v) is 5.59. The molecule has 0 atom stereocenters. The second kappa shape index (κ2) is 4.67. The Hall–Kier alpha value is -0.870. The summed E-state index contributed by atoms with van der Waals surface area (Å²) in [5.74, 6) is 0. The number of aryl methyl sites for hydroxylation is 2. The van der Waals surface area contributed by atoms with Crippen molar-refractivity contribution in [3.8, 4) is 0 Å². The van der Waals surface area contributed by atoms with Crippen LogP contribution in [0.2, 0.25) is 0 Å². The van der Waals surface area contributed by atoms with Crippen LogP contribution in [0.3, 0.4) is 0 Å². The molecular weight excluding hydrogens is 246 g/mol. The van der Waals surface area contributed by atoms with E-state index in [-0.39, 0.29) is 12.1 Å². The summed E-state index contributed by atoms with van der Waals surface area (Å²) in [5.41, 5.74) is 2.15. The van der Waals surface area contributed by atoms with E-state index in [1.807, 2.05) is 33.8 Å². The second-order valence-corrected chi connectivity index (χ2v) is 7.25. The summed E-state index contributed by atoms with van der Waals surface area (Å²) in [7, 11) is -3.34. The minimum Gasteiger partial charge on any atom is -0.207 e. The lowest BCUT2D eigenvalue weighted by atomic mass is 10.1. The summed E-state index contributed by atoms with van der Waals surface area (Å²) in [6.07, 6.45) is 1.98. The highest BCUT2D eigenvalue weighted by Crippen LogP contribution is 2.34. The molecule has 2 rings (SSSR count). The maximum Gasteiger partial charge on any atom is 0.243 e. The van der Waals surface area contributed by atoms with Crippen LogP contribution < -0.4 is 0 Å². The molecule has 4 heteroatoms. The zero-order valence-electron chi connectivity index (χ0n) is 11.5. The first kappa shape index (κ1) is 13.6. The van der Waals surface area contributed by atoms with Gasteiger partial charge >= 0.3 is 0 Å². The van der Waals surface area contributed by atoms with Crippen LogP contribution in [0.25, 0.3) is 0 Å². The molecule has 0 radical (unpaired) electrons. The predicted molar refractivity (Wildman–Crippen MR) is 73.1 cm³/mol. The average Bonchev–Trinajstić information content (AvgIpc) is 3.05. The first-order chi connectivity index (χ1) is 8.34. The van der Waals surface area contributed by atoms with E-state index in [4.69, 9.17) is 0 Å². The van der Waals surface area contributed by atoms with Gasteiger partial charge in [-0.15, -0.1) is 0 Å². The van der Waals surface area contributed by atoms with Gasteiger partial charge in [0.05, 0.1) is 4.90 Å². The first-order valence-corrected chi connectivity index (χ1v) is 7.89. The Morgan fingerprint density at radius 1 is 1.17 bits per heavy atom. The fourth-order valence-electron chi connectivity index (χ4n) is 2.22. The van der Waals surface area contributed by atoms with Crippen molar-refractivity contribution in [2.24, 2.45) is 0 Å². The van der Waals surface area contributed by atoms with Gasteiger partial charge in [0.1, 0.15) is 0 Å². The topological polar surface area (TPSA) is 37.4 Å². The van der Waals surface area contributed by atoms with E-state index < -0.39 is 10.0 Å². The average molecular weight is 267 g/mol. The summed E-state index contributed by atoms with van der Waals surface area (Å²) >= 11 is 0. The van der Waals surface area contributed by atoms with Gasteiger partial charge in [0.25, 0.3) is 0 Å². The van der Waals surface area contributed by atoms with Crippen molar-refractivity contribution in [3.63, 3.8) is 0 Å². The van der Waals surface area contributed by atoms with Crippen molar-refractivity contribution in [2.75, 3.05) is 0 Å². The lowest BCUT2D eigenvalue weighted by Crippen LogP contribution is -2.38. The van der Waals surface area contributed by atoms with Crippen LogP contribution in [-0.4, -0.2) is 24.8 Å². The van der Waals surface area contributed by atoms with E-state index in [1.165, 1.54) is 0 Å². The van der Waals surface area contributed by atoms with Gasteiger partial charge in [0.2, 0.25) is 10.0 Å². The molecule has 0 aromatic heterocycles. The van der Waals surface area contributed by atoms with E-state index in [2.05, 4.69) is 0 Å². The number of benzene rings is 1. The summed E-state index contributed by atoms with van der Waals surface area (Å²) in [5, 5.41) is 0. The first-order valence-electron chi connectivity index (χ1n) is 6.45. The Balaban J connectivity index is 2.42. The molecule has 0 aliphatic heterocycles. The number of sulfonamides is 1.